The van der Waals surface area contributed by atoms with Crippen molar-refractivity contribution in [1.82, 2.24) is 20.3 Å². The molecule has 0 aliphatic heterocycles. The molecule has 1 amide bonds. The van der Waals surface area contributed by atoms with Crippen molar-refractivity contribution in [1.29, 1.82) is 0 Å². The van der Waals surface area contributed by atoms with Crippen LogP contribution in [0.2, 0.25) is 0 Å². The summed E-state index contributed by atoms with van der Waals surface area (Å²) in [5.74, 6) is 1.69. The molecule has 4 fully saturated rings. The maximum absolute atomic E-state index is 13.2. The monoisotopic (exact) mass is 390 g/mol. The van der Waals surface area contributed by atoms with Gasteiger partial charge in [-0.25, -0.2) is 4.68 Å². The van der Waals surface area contributed by atoms with Crippen molar-refractivity contribution in [3.63, 3.8) is 0 Å². The van der Waals surface area contributed by atoms with Crippen molar-refractivity contribution in [2.75, 3.05) is 0 Å². The van der Waals surface area contributed by atoms with Crippen molar-refractivity contribution >= 4 is 5.91 Å². The van der Waals surface area contributed by atoms with Crippen LogP contribution >= 0.6 is 0 Å². The predicted octanol–water partition coefficient (Wildman–Crippen LogP) is 3.98. The first kappa shape index (κ1) is 17.7. The highest BCUT2D eigenvalue weighted by Gasteiger charge is 2.51. The van der Waals surface area contributed by atoms with Crippen molar-refractivity contribution in [3.8, 4) is 5.69 Å². The Morgan fingerprint density at radius 1 is 1.07 bits per heavy atom. The Labute approximate surface area is 160 Å². The third kappa shape index (κ3) is 2.99. The summed E-state index contributed by atoms with van der Waals surface area (Å²) in [6, 6.07) is 5.13. The zero-order valence-corrected chi connectivity index (χ0v) is 15.2. The normalized spacial score (nSPS) is 31.2. The molecule has 8 heteroatoms. The number of aromatic nitrogens is 3. The molecule has 4 saturated carbocycles. The summed E-state index contributed by atoms with van der Waals surface area (Å²) >= 11 is 0. The van der Waals surface area contributed by atoms with E-state index >= 15 is 0 Å². The standard InChI is InChI=1S/C20H21F3N4O/c21-20(22,23)15-3-1-2-4-17(15)27-11-16(25-26-27)18(28)24-19-8-12-5-13(9-19)7-14(6-12)10-19/h1-4,11-14H,5-10H2,(H,24,28). The van der Waals surface area contributed by atoms with Gasteiger partial charge in [0.05, 0.1) is 17.4 Å². The lowest BCUT2D eigenvalue weighted by Gasteiger charge is -2.56. The second-order valence-corrected chi connectivity index (χ2v) is 8.72. The van der Waals surface area contributed by atoms with Gasteiger partial charge in [-0.2, -0.15) is 13.2 Å². The van der Waals surface area contributed by atoms with Crippen LogP contribution in [0.3, 0.4) is 0 Å². The molecule has 4 bridgehead atoms. The van der Waals surface area contributed by atoms with E-state index in [4.69, 9.17) is 0 Å². The summed E-state index contributed by atoms with van der Waals surface area (Å²) in [6.07, 6.45) is 3.55. The summed E-state index contributed by atoms with van der Waals surface area (Å²) in [6.45, 7) is 0. The van der Waals surface area contributed by atoms with E-state index in [9.17, 15) is 18.0 Å². The van der Waals surface area contributed by atoms with E-state index in [0.717, 1.165) is 30.0 Å². The second kappa shape index (κ2) is 6.06. The molecule has 1 N–H and O–H groups in total. The SMILES string of the molecule is O=C(NC12CC3CC(CC(C3)C1)C2)c1cn(-c2ccccc2C(F)(F)F)nn1. The van der Waals surface area contributed by atoms with E-state index in [0.29, 0.717) is 17.8 Å². The van der Waals surface area contributed by atoms with Gasteiger partial charge in [-0.05, 0) is 68.4 Å². The number of nitrogens with zero attached hydrogens (tertiary/aromatic N) is 3. The maximum atomic E-state index is 13.2. The Kier molecular flexibility index (Phi) is 3.83. The number of carbonyl (C=O) groups excluding carboxylic acids is 1. The Morgan fingerprint density at radius 3 is 2.29 bits per heavy atom. The quantitative estimate of drug-likeness (QED) is 0.862. The molecule has 2 aromatic rings. The largest absolute Gasteiger partial charge is 0.418 e. The highest BCUT2D eigenvalue weighted by Crippen LogP contribution is 2.55. The molecular weight excluding hydrogens is 369 g/mol. The van der Waals surface area contributed by atoms with E-state index in [2.05, 4.69) is 15.6 Å². The summed E-state index contributed by atoms with van der Waals surface area (Å²) < 4.78 is 40.8. The molecule has 1 heterocycles. The number of benzene rings is 1. The molecule has 0 saturated heterocycles. The van der Waals surface area contributed by atoms with Crippen LogP contribution in [-0.2, 0) is 6.18 Å². The van der Waals surface area contributed by atoms with Gasteiger partial charge in [0.25, 0.3) is 5.91 Å². The highest BCUT2D eigenvalue weighted by atomic mass is 19.4. The lowest BCUT2D eigenvalue weighted by Crippen LogP contribution is -2.59. The lowest BCUT2D eigenvalue weighted by atomic mass is 9.53. The predicted molar refractivity (Wildman–Crippen MR) is 94.7 cm³/mol. The topological polar surface area (TPSA) is 59.8 Å². The van der Waals surface area contributed by atoms with Gasteiger partial charge in [0.2, 0.25) is 0 Å². The number of halogens is 3. The van der Waals surface area contributed by atoms with E-state index in [1.807, 2.05) is 0 Å². The summed E-state index contributed by atoms with van der Waals surface area (Å²) in [4.78, 5) is 12.8. The molecule has 0 spiro atoms. The third-order valence-electron chi connectivity index (χ3n) is 6.60. The number of carbonyl (C=O) groups is 1. The van der Waals surface area contributed by atoms with Gasteiger partial charge in [0.1, 0.15) is 0 Å². The molecule has 4 aliphatic carbocycles. The minimum atomic E-state index is -4.51. The van der Waals surface area contributed by atoms with Crippen LogP contribution in [0.15, 0.2) is 30.5 Å². The average molecular weight is 390 g/mol. The van der Waals surface area contributed by atoms with E-state index < -0.39 is 11.7 Å². The van der Waals surface area contributed by atoms with Crippen LogP contribution in [0.4, 0.5) is 13.2 Å². The Hall–Kier alpha value is -2.38. The smallest absolute Gasteiger partial charge is 0.345 e. The number of hydrogen-bond donors (Lipinski definition) is 1. The summed E-state index contributed by atoms with van der Waals surface area (Å²) in [7, 11) is 0. The molecule has 0 atom stereocenters. The van der Waals surface area contributed by atoms with Crippen LogP contribution in [0, 0.1) is 17.8 Å². The number of nitrogens with one attached hydrogen (secondary N) is 1. The Balaban J connectivity index is 1.38. The number of amides is 1. The first-order valence-corrected chi connectivity index (χ1v) is 9.73. The number of rotatable bonds is 3. The molecule has 6 rings (SSSR count). The van der Waals surface area contributed by atoms with Crippen molar-refractivity contribution in [2.24, 2.45) is 17.8 Å². The fourth-order valence-corrected chi connectivity index (χ4v) is 5.97. The van der Waals surface area contributed by atoms with Gasteiger partial charge in [0.15, 0.2) is 5.69 Å². The maximum Gasteiger partial charge on any atom is 0.418 e. The van der Waals surface area contributed by atoms with Gasteiger partial charge in [-0.3, -0.25) is 4.79 Å². The third-order valence-corrected chi connectivity index (χ3v) is 6.60. The molecule has 1 aromatic heterocycles. The fourth-order valence-electron chi connectivity index (χ4n) is 5.97. The molecule has 5 nitrogen and oxygen atoms in total. The van der Waals surface area contributed by atoms with Gasteiger partial charge < -0.3 is 5.32 Å². The van der Waals surface area contributed by atoms with E-state index in [1.54, 1.807) is 0 Å². The minimum Gasteiger partial charge on any atom is -0.345 e. The van der Waals surface area contributed by atoms with Gasteiger partial charge in [0, 0.05) is 5.54 Å². The lowest BCUT2D eigenvalue weighted by molar-refractivity contribution is -0.137. The van der Waals surface area contributed by atoms with Crippen LogP contribution in [0.1, 0.15) is 54.6 Å². The average Bonchev–Trinajstić information content (AvgIpc) is 3.09. The van der Waals surface area contributed by atoms with Crippen LogP contribution in [0.5, 0.6) is 0 Å². The van der Waals surface area contributed by atoms with E-state index in [-0.39, 0.29) is 22.8 Å². The zero-order chi connectivity index (χ0) is 19.5. The zero-order valence-electron chi connectivity index (χ0n) is 15.2. The highest BCUT2D eigenvalue weighted by molar-refractivity contribution is 5.92. The number of para-hydroxylation sites is 1. The second-order valence-electron chi connectivity index (χ2n) is 8.72. The summed E-state index contributed by atoms with van der Waals surface area (Å²) in [5.41, 5.74) is -1.09. The van der Waals surface area contributed by atoms with Gasteiger partial charge >= 0.3 is 6.18 Å². The van der Waals surface area contributed by atoms with Gasteiger partial charge in [-0.1, -0.05) is 17.3 Å². The van der Waals surface area contributed by atoms with Crippen molar-refractivity contribution < 1.29 is 18.0 Å². The molecule has 0 unspecified atom stereocenters. The first-order chi connectivity index (χ1) is 13.3. The van der Waals surface area contributed by atoms with Crippen molar-refractivity contribution in [2.45, 2.75) is 50.2 Å². The van der Waals surface area contributed by atoms with Crippen LogP contribution in [-0.4, -0.2) is 26.4 Å². The molecule has 0 radical (unpaired) electrons. The molecule has 1 aromatic carbocycles. The van der Waals surface area contributed by atoms with Crippen molar-refractivity contribution in [3.05, 3.63) is 41.7 Å². The van der Waals surface area contributed by atoms with Crippen LogP contribution in [0.25, 0.3) is 5.69 Å². The number of hydrogen-bond acceptors (Lipinski definition) is 3. The number of alkyl halides is 3. The molecule has 28 heavy (non-hydrogen) atoms. The Morgan fingerprint density at radius 2 is 1.68 bits per heavy atom. The first-order valence-electron chi connectivity index (χ1n) is 9.73. The summed E-state index contributed by atoms with van der Waals surface area (Å²) in [5, 5.41) is 10.8. The van der Waals surface area contributed by atoms with E-state index in [1.165, 1.54) is 43.7 Å². The molecule has 148 valence electrons. The minimum absolute atomic E-state index is 0.0488. The Bertz CT molecular complexity index is 885. The molecule has 4 aliphatic rings. The fraction of sp³-hybridized carbons (Fsp3) is 0.550. The molecular formula is C20H21F3N4O. The van der Waals surface area contributed by atoms with Gasteiger partial charge in [-0.15, -0.1) is 5.10 Å². The van der Waals surface area contributed by atoms with Crippen LogP contribution < -0.4 is 5.32 Å².